The van der Waals surface area contributed by atoms with Gasteiger partial charge in [0.05, 0.1) is 6.61 Å². The fourth-order valence-electron chi connectivity index (χ4n) is 7.54. The van der Waals surface area contributed by atoms with Gasteiger partial charge in [-0.15, -0.1) is 0 Å². The minimum atomic E-state index is -0.791. The molecule has 0 radical (unpaired) electrons. The Bertz CT molecular complexity index is 1590. The summed E-state index contributed by atoms with van der Waals surface area (Å²) in [5.41, 5.74) is 0. The van der Waals surface area contributed by atoms with Gasteiger partial charge in [-0.2, -0.15) is 0 Å². The van der Waals surface area contributed by atoms with Crippen LogP contribution in [0.3, 0.4) is 0 Å². The number of rotatable bonds is 51. The highest BCUT2D eigenvalue weighted by molar-refractivity contribution is 5.70. The third-order valence-corrected chi connectivity index (χ3v) is 11.8. The molecule has 0 saturated carbocycles. The summed E-state index contributed by atoms with van der Waals surface area (Å²) in [6, 6.07) is 0. The van der Waals surface area contributed by atoms with Crippen molar-refractivity contribution >= 4 is 11.9 Å². The van der Waals surface area contributed by atoms with E-state index in [1.54, 1.807) is 0 Å². The summed E-state index contributed by atoms with van der Waals surface area (Å²) < 4.78 is 10.7. The van der Waals surface area contributed by atoms with Crippen molar-refractivity contribution in [2.24, 2.45) is 0 Å². The van der Waals surface area contributed by atoms with Gasteiger partial charge in [0.15, 0.2) is 6.10 Å². The summed E-state index contributed by atoms with van der Waals surface area (Å²) in [5.74, 6) is -0.616. The van der Waals surface area contributed by atoms with E-state index in [0.29, 0.717) is 12.8 Å². The van der Waals surface area contributed by atoms with E-state index >= 15 is 0 Å². The summed E-state index contributed by atoms with van der Waals surface area (Å²) in [7, 11) is 0. The van der Waals surface area contributed by atoms with Crippen LogP contribution in [0.1, 0.15) is 232 Å². The zero-order valence-electron chi connectivity index (χ0n) is 46.1. The predicted octanol–water partition coefficient (Wildman–Crippen LogP) is 20.0. The van der Waals surface area contributed by atoms with Gasteiger partial charge in [-0.3, -0.25) is 9.59 Å². The summed E-state index contributed by atoms with van der Waals surface area (Å²) >= 11 is 0. The van der Waals surface area contributed by atoms with Gasteiger partial charge in [0, 0.05) is 12.8 Å². The van der Waals surface area contributed by atoms with E-state index < -0.39 is 6.10 Å². The molecule has 0 aliphatic rings. The molecule has 0 spiro atoms. The Morgan fingerprint density at radius 3 is 0.833 bits per heavy atom. The smallest absolute Gasteiger partial charge is 0.306 e. The molecule has 0 aliphatic carbocycles. The maximum Gasteiger partial charge on any atom is 0.306 e. The number of allylic oxidation sites excluding steroid dienone is 26. The van der Waals surface area contributed by atoms with Crippen LogP contribution in [0, 0.1) is 0 Å². The summed E-state index contributed by atoms with van der Waals surface area (Å²) in [6.07, 6.45) is 93.5. The minimum Gasteiger partial charge on any atom is -0.462 e. The van der Waals surface area contributed by atoms with Crippen molar-refractivity contribution in [3.8, 4) is 0 Å². The molecular formula is C67H106O5. The van der Waals surface area contributed by atoms with Crippen molar-refractivity contribution in [3.63, 3.8) is 0 Å². The summed E-state index contributed by atoms with van der Waals surface area (Å²) in [6.45, 7) is 3.90. The van der Waals surface area contributed by atoms with Crippen LogP contribution in [0.4, 0.5) is 0 Å². The number of ether oxygens (including phenoxy) is 2. The van der Waals surface area contributed by atoms with Gasteiger partial charge < -0.3 is 14.6 Å². The first-order chi connectivity index (χ1) is 35.6. The van der Waals surface area contributed by atoms with Crippen LogP contribution in [0.15, 0.2) is 158 Å². The second-order valence-corrected chi connectivity index (χ2v) is 18.6. The van der Waals surface area contributed by atoms with Crippen LogP contribution >= 0.6 is 0 Å². The Hall–Kier alpha value is -4.48. The molecular weight excluding hydrogens is 885 g/mol. The molecule has 0 bridgehead atoms. The molecule has 404 valence electrons. The second-order valence-electron chi connectivity index (χ2n) is 18.6. The fraction of sp³-hybridized carbons (Fsp3) is 0.582. The Labute approximate surface area is 443 Å². The maximum absolute atomic E-state index is 12.3. The molecule has 0 saturated heterocycles. The summed E-state index contributed by atoms with van der Waals surface area (Å²) in [5, 5.41) is 9.66. The van der Waals surface area contributed by atoms with E-state index in [0.717, 1.165) is 135 Å². The molecule has 0 aromatic heterocycles. The lowest BCUT2D eigenvalue weighted by molar-refractivity contribution is -0.161. The summed E-state index contributed by atoms with van der Waals surface area (Å²) in [4.78, 5) is 24.5. The van der Waals surface area contributed by atoms with Crippen molar-refractivity contribution in [1.82, 2.24) is 0 Å². The normalized spacial score (nSPS) is 13.4. The average Bonchev–Trinajstić information content (AvgIpc) is 3.38. The van der Waals surface area contributed by atoms with E-state index in [2.05, 4.69) is 172 Å². The maximum atomic E-state index is 12.3. The van der Waals surface area contributed by atoms with Crippen LogP contribution < -0.4 is 0 Å². The molecule has 5 heteroatoms. The Kier molecular flexibility index (Phi) is 57.0. The topological polar surface area (TPSA) is 72.8 Å². The SMILES string of the molecule is CC/C=C\C/C=C\C/C=C\C/C=C\C/C=C\C/C=C\C/C=C\C/C=C\C/C=C\CCCCCCCCCCCC(=O)OC(CO)COC(=O)CCCCCCCCCC/C=C\C/C=C\C/C=C\C/C=C\CC. The molecule has 72 heavy (non-hydrogen) atoms. The number of carbonyl (C=O) groups is 2. The van der Waals surface area contributed by atoms with E-state index in [4.69, 9.17) is 9.47 Å². The molecule has 1 unspecified atom stereocenters. The number of unbranched alkanes of at least 4 members (excludes halogenated alkanes) is 17. The minimum absolute atomic E-state index is 0.0820. The van der Waals surface area contributed by atoms with Crippen molar-refractivity contribution < 1.29 is 24.2 Å². The Morgan fingerprint density at radius 1 is 0.319 bits per heavy atom. The third-order valence-electron chi connectivity index (χ3n) is 11.8. The highest BCUT2D eigenvalue weighted by atomic mass is 16.6. The lowest BCUT2D eigenvalue weighted by Crippen LogP contribution is -2.28. The Balaban J connectivity index is 3.60. The predicted molar refractivity (Wildman–Crippen MR) is 315 cm³/mol. The van der Waals surface area contributed by atoms with Crippen LogP contribution in [-0.2, 0) is 19.1 Å². The van der Waals surface area contributed by atoms with Crippen molar-refractivity contribution in [3.05, 3.63) is 158 Å². The molecule has 1 atom stereocenters. The molecule has 0 rings (SSSR count). The van der Waals surface area contributed by atoms with E-state index in [-0.39, 0.29) is 25.2 Å². The van der Waals surface area contributed by atoms with Gasteiger partial charge in [0.25, 0.3) is 0 Å². The Morgan fingerprint density at radius 2 is 0.556 bits per heavy atom. The van der Waals surface area contributed by atoms with E-state index in [9.17, 15) is 14.7 Å². The first-order valence-electron chi connectivity index (χ1n) is 29.0. The highest BCUT2D eigenvalue weighted by Gasteiger charge is 2.16. The van der Waals surface area contributed by atoms with E-state index in [1.807, 2.05) is 0 Å². The molecule has 0 heterocycles. The molecule has 1 N–H and O–H groups in total. The van der Waals surface area contributed by atoms with Crippen molar-refractivity contribution in [2.45, 2.75) is 238 Å². The number of hydrogen-bond acceptors (Lipinski definition) is 5. The first-order valence-corrected chi connectivity index (χ1v) is 29.0. The number of esters is 2. The van der Waals surface area contributed by atoms with Crippen LogP contribution in [-0.4, -0.2) is 36.4 Å². The second kappa shape index (κ2) is 60.8. The van der Waals surface area contributed by atoms with Crippen LogP contribution in [0.5, 0.6) is 0 Å². The first kappa shape index (κ1) is 67.5. The number of aliphatic hydroxyl groups excluding tert-OH is 1. The lowest BCUT2D eigenvalue weighted by atomic mass is 10.1. The third kappa shape index (κ3) is 58.1. The highest BCUT2D eigenvalue weighted by Crippen LogP contribution is 2.14. The fourth-order valence-corrected chi connectivity index (χ4v) is 7.54. The van der Waals surface area contributed by atoms with Crippen molar-refractivity contribution in [2.75, 3.05) is 13.2 Å². The number of hydrogen-bond donors (Lipinski definition) is 1. The van der Waals surface area contributed by atoms with Crippen LogP contribution in [0.25, 0.3) is 0 Å². The van der Waals surface area contributed by atoms with Gasteiger partial charge in [-0.25, -0.2) is 0 Å². The quantitative estimate of drug-likeness (QED) is 0.0373. The molecule has 0 aromatic rings. The molecule has 0 aliphatic heterocycles. The standard InChI is InChI=1S/C67H106O5/c1-3-5-7-9-11-13-15-17-19-21-23-25-26-27-28-29-30-31-32-33-34-35-36-37-38-39-40-42-44-46-48-50-52-54-56-58-60-62-67(70)72-65(63-68)64-71-66(69)61-59-57-55-53-51-49-47-45-43-41-24-22-20-18-16-14-12-10-8-6-4-2/h5-8,11-14,17-20,23-25,27-28,30-31,33-34,36-37,39-41,65,68H,3-4,9-10,15-16,21-22,26,29,32,35,38,42-64H2,1-2H3/b7-5-,8-6-,13-11-,14-12-,19-17-,20-18-,25-23-,28-27-,31-30-,34-33-,37-36-,40-39-,41-24-. The molecule has 0 fully saturated rings. The van der Waals surface area contributed by atoms with Gasteiger partial charge >= 0.3 is 11.9 Å². The molecule has 5 nitrogen and oxygen atoms in total. The average molecular weight is 992 g/mol. The monoisotopic (exact) mass is 991 g/mol. The number of carbonyl (C=O) groups excluding carboxylic acids is 2. The molecule has 0 aromatic carbocycles. The zero-order chi connectivity index (χ0) is 52.0. The largest absolute Gasteiger partial charge is 0.462 e. The molecule has 0 amide bonds. The van der Waals surface area contributed by atoms with Crippen molar-refractivity contribution in [1.29, 1.82) is 0 Å². The lowest BCUT2D eigenvalue weighted by Gasteiger charge is -2.15. The van der Waals surface area contributed by atoms with Gasteiger partial charge in [0.2, 0.25) is 0 Å². The van der Waals surface area contributed by atoms with E-state index in [1.165, 1.54) is 70.6 Å². The van der Waals surface area contributed by atoms with Crippen LogP contribution in [0.2, 0.25) is 0 Å². The van der Waals surface area contributed by atoms with Gasteiger partial charge in [-0.05, 0) is 122 Å². The zero-order valence-corrected chi connectivity index (χ0v) is 46.1. The van der Waals surface area contributed by atoms with Gasteiger partial charge in [-0.1, -0.05) is 255 Å². The van der Waals surface area contributed by atoms with Gasteiger partial charge in [0.1, 0.15) is 6.61 Å². The number of aliphatic hydroxyl groups is 1.